The van der Waals surface area contributed by atoms with Crippen LogP contribution in [-0.2, 0) is 6.42 Å². The predicted octanol–water partition coefficient (Wildman–Crippen LogP) is 6.19. The van der Waals surface area contributed by atoms with E-state index >= 15 is 0 Å². The number of benzene rings is 3. The van der Waals surface area contributed by atoms with Gasteiger partial charge in [-0.1, -0.05) is 50.0 Å². The summed E-state index contributed by atoms with van der Waals surface area (Å²) >= 11 is 0. The molecule has 4 atom stereocenters. The van der Waals surface area contributed by atoms with Gasteiger partial charge < -0.3 is 25.2 Å². The molecule has 0 bridgehead atoms. The smallest absolute Gasteiger partial charge is 0.168 e. The van der Waals surface area contributed by atoms with Crippen LogP contribution in [0, 0.1) is 23.7 Å². The molecule has 3 aromatic carbocycles. The lowest BCUT2D eigenvalue weighted by Crippen LogP contribution is -2.32. The molecule has 0 saturated carbocycles. The number of rotatable bonds is 7. The highest BCUT2D eigenvalue weighted by molar-refractivity contribution is 5.90. The van der Waals surface area contributed by atoms with Crippen LogP contribution in [0.4, 0.5) is 0 Å². The number of aliphatic hydroxyl groups is 2. The molecular formula is C32H38O5. The first-order valence-corrected chi connectivity index (χ1v) is 13.4. The van der Waals surface area contributed by atoms with Gasteiger partial charge in [-0.25, -0.2) is 0 Å². The number of hydrogen-bond donors (Lipinski definition) is 4. The number of phenolic OH excluding ortho intramolecular Hbond substituents is 2. The zero-order chi connectivity index (χ0) is 26.4. The van der Waals surface area contributed by atoms with Crippen molar-refractivity contribution < 1.29 is 25.2 Å². The van der Waals surface area contributed by atoms with Crippen LogP contribution in [-0.4, -0.2) is 39.7 Å². The summed E-state index contributed by atoms with van der Waals surface area (Å²) in [4.78, 5) is 0. The van der Waals surface area contributed by atoms with Gasteiger partial charge in [-0.2, -0.15) is 0 Å². The third kappa shape index (κ3) is 6.39. The summed E-state index contributed by atoms with van der Waals surface area (Å²) in [5, 5.41) is 44.3. The molecule has 0 radical (unpaired) electrons. The monoisotopic (exact) mass is 502 g/mol. The minimum absolute atomic E-state index is 0.0520. The van der Waals surface area contributed by atoms with Crippen molar-refractivity contribution in [2.45, 2.75) is 70.5 Å². The average molecular weight is 503 g/mol. The van der Waals surface area contributed by atoms with Gasteiger partial charge in [0.1, 0.15) is 5.75 Å². The number of phenols is 2. The molecule has 0 fully saturated rings. The van der Waals surface area contributed by atoms with E-state index in [4.69, 9.17) is 4.74 Å². The average Bonchev–Trinajstić information content (AvgIpc) is 2.90. The highest BCUT2D eigenvalue weighted by Gasteiger charge is 2.27. The number of fused-ring (bicyclic) bond motifs is 1. The number of aryl methyl sites for hydroxylation is 1. The second-order valence-electron chi connectivity index (χ2n) is 10.2. The lowest BCUT2D eigenvalue weighted by atomic mass is 9.84. The fourth-order valence-electron chi connectivity index (χ4n) is 5.44. The molecule has 196 valence electrons. The molecule has 1 aliphatic carbocycles. The lowest BCUT2D eigenvalue weighted by molar-refractivity contribution is 0.00561. The molecule has 0 spiro atoms. The molecule has 5 nitrogen and oxygen atoms in total. The minimum Gasteiger partial charge on any atom is -0.508 e. The summed E-state index contributed by atoms with van der Waals surface area (Å²) in [6.45, 7) is 2.16. The predicted molar refractivity (Wildman–Crippen MR) is 148 cm³/mol. The zero-order valence-corrected chi connectivity index (χ0v) is 21.8. The lowest BCUT2D eigenvalue weighted by Gasteiger charge is -2.27. The van der Waals surface area contributed by atoms with E-state index in [0.717, 1.165) is 53.1 Å². The molecule has 0 aliphatic heterocycles. The van der Waals surface area contributed by atoms with Crippen LogP contribution in [0.3, 0.4) is 0 Å². The van der Waals surface area contributed by atoms with Gasteiger partial charge in [0.05, 0.1) is 19.3 Å². The Hall–Kier alpha value is -3.20. The van der Waals surface area contributed by atoms with Gasteiger partial charge in [0, 0.05) is 23.8 Å². The molecule has 0 unspecified atom stereocenters. The van der Waals surface area contributed by atoms with Crippen molar-refractivity contribution in [3.8, 4) is 40.2 Å². The Bertz CT molecular complexity index is 1270. The zero-order valence-electron chi connectivity index (χ0n) is 21.8. The summed E-state index contributed by atoms with van der Waals surface area (Å²) in [6.07, 6.45) is 5.01. The van der Waals surface area contributed by atoms with E-state index in [9.17, 15) is 20.4 Å². The first kappa shape index (κ1) is 26.9. The van der Waals surface area contributed by atoms with E-state index in [2.05, 4.69) is 18.8 Å². The van der Waals surface area contributed by atoms with Crippen molar-refractivity contribution in [3.05, 3.63) is 54.1 Å². The van der Waals surface area contributed by atoms with Crippen molar-refractivity contribution >= 4 is 10.8 Å². The standard InChI is InChI=1S/C32H38O5/c1-3-21-7-4-5-10-28(34)27(9-6-8-21)29(35)17-14-22-15-18-30(36)32(37-2)31(22)25-12-11-24-20-26(33)16-13-23(24)19-25/h11-13,15-16,18-21,27-29,33-36H,3-5,7,9-10,14,17H2,1-2H3/t21-,27-,28-,29+/m0/s1. The quantitative estimate of drug-likeness (QED) is 0.289. The Morgan fingerprint density at radius 3 is 2.54 bits per heavy atom. The van der Waals surface area contributed by atoms with Crippen LogP contribution in [0.2, 0.25) is 0 Å². The van der Waals surface area contributed by atoms with Gasteiger partial charge in [0.15, 0.2) is 11.5 Å². The van der Waals surface area contributed by atoms with E-state index in [0.29, 0.717) is 37.4 Å². The Labute approximate surface area is 219 Å². The number of aliphatic hydroxyl groups excluding tert-OH is 2. The van der Waals surface area contributed by atoms with Crippen LogP contribution in [0.15, 0.2) is 48.5 Å². The third-order valence-electron chi connectivity index (χ3n) is 7.68. The van der Waals surface area contributed by atoms with E-state index in [-0.39, 0.29) is 17.4 Å². The summed E-state index contributed by atoms with van der Waals surface area (Å²) in [5.74, 6) is 7.37. The first-order chi connectivity index (χ1) is 17.9. The van der Waals surface area contributed by atoms with Gasteiger partial charge in [-0.05, 0) is 78.3 Å². The summed E-state index contributed by atoms with van der Waals surface area (Å²) in [7, 11) is 1.54. The van der Waals surface area contributed by atoms with E-state index in [1.54, 1.807) is 18.2 Å². The van der Waals surface area contributed by atoms with Crippen molar-refractivity contribution in [3.63, 3.8) is 0 Å². The molecule has 0 heterocycles. The molecule has 4 rings (SSSR count). The summed E-state index contributed by atoms with van der Waals surface area (Å²) in [6, 6.07) is 14.6. The Kier molecular flexibility index (Phi) is 8.97. The second-order valence-corrected chi connectivity index (χ2v) is 10.2. The van der Waals surface area contributed by atoms with Crippen LogP contribution in [0.25, 0.3) is 21.9 Å². The molecular weight excluding hydrogens is 464 g/mol. The van der Waals surface area contributed by atoms with Crippen LogP contribution >= 0.6 is 0 Å². The maximum atomic E-state index is 11.2. The fraction of sp³-hybridized carbons (Fsp3) is 0.438. The number of aromatic hydroxyl groups is 2. The topological polar surface area (TPSA) is 90.2 Å². The third-order valence-corrected chi connectivity index (χ3v) is 7.68. The Morgan fingerprint density at radius 1 is 1.00 bits per heavy atom. The van der Waals surface area contributed by atoms with Gasteiger partial charge in [-0.15, -0.1) is 5.92 Å². The van der Waals surface area contributed by atoms with Gasteiger partial charge in [-0.3, -0.25) is 0 Å². The summed E-state index contributed by atoms with van der Waals surface area (Å²) in [5.41, 5.74) is 2.60. The number of methoxy groups -OCH3 is 1. The Morgan fingerprint density at radius 2 is 1.76 bits per heavy atom. The van der Waals surface area contributed by atoms with Crippen molar-refractivity contribution in [1.82, 2.24) is 0 Å². The maximum absolute atomic E-state index is 11.2. The molecule has 0 saturated heterocycles. The van der Waals surface area contributed by atoms with Crippen LogP contribution in [0.5, 0.6) is 17.2 Å². The molecule has 37 heavy (non-hydrogen) atoms. The molecule has 1 aliphatic rings. The second kappa shape index (κ2) is 12.4. The molecule has 5 heteroatoms. The SMILES string of the molecule is CC[C@@H]1C#CC[C@H]([C@H](O)CCc2ccc(O)c(OC)c2-c2ccc3cc(O)ccc3c2)[C@@H](O)CCCC1. The van der Waals surface area contributed by atoms with Crippen LogP contribution < -0.4 is 4.74 Å². The van der Waals surface area contributed by atoms with Crippen molar-refractivity contribution in [2.24, 2.45) is 11.8 Å². The van der Waals surface area contributed by atoms with E-state index in [1.165, 1.54) is 7.11 Å². The van der Waals surface area contributed by atoms with Crippen molar-refractivity contribution in [2.75, 3.05) is 7.11 Å². The normalized spacial score (nSPS) is 21.1. The number of ether oxygens (including phenoxy) is 1. The van der Waals surface area contributed by atoms with E-state index in [1.807, 2.05) is 30.3 Å². The number of hydrogen-bond acceptors (Lipinski definition) is 5. The molecule has 0 aromatic heterocycles. The van der Waals surface area contributed by atoms with E-state index < -0.39 is 12.2 Å². The Balaban J connectivity index is 1.60. The summed E-state index contributed by atoms with van der Waals surface area (Å²) < 4.78 is 5.61. The molecule has 0 amide bonds. The first-order valence-electron chi connectivity index (χ1n) is 13.4. The molecule has 3 aromatic rings. The van der Waals surface area contributed by atoms with Gasteiger partial charge in [0.25, 0.3) is 0 Å². The maximum Gasteiger partial charge on any atom is 0.168 e. The largest absolute Gasteiger partial charge is 0.508 e. The molecule has 4 N–H and O–H groups in total. The van der Waals surface area contributed by atoms with Crippen LogP contribution in [0.1, 0.15) is 57.4 Å². The fourth-order valence-corrected chi connectivity index (χ4v) is 5.44. The van der Waals surface area contributed by atoms with Gasteiger partial charge >= 0.3 is 0 Å². The highest BCUT2D eigenvalue weighted by atomic mass is 16.5. The van der Waals surface area contributed by atoms with Gasteiger partial charge in [0.2, 0.25) is 0 Å². The van der Waals surface area contributed by atoms with Crippen molar-refractivity contribution in [1.29, 1.82) is 0 Å². The highest BCUT2D eigenvalue weighted by Crippen LogP contribution is 2.42. The minimum atomic E-state index is -0.698.